The molecular formula is C35H30N2O4. The van der Waals surface area contributed by atoms with E-state index in [4.69, 9.17) is 9.47 Å². The number of aromatic nitrogens is 2. The molecule has 204 valence electrons. The molecule has 0 saturated heterocycles. The second-order valence-electron chi connectivity index (χ2n) is 9.54. The van der Waals surface area contributed by atoms with Crippen LogP contribution in [0.15, 0.2) is 116 Å². The van der Waals surface area contributed by atoms with Gasteiger partial charge >= 0.3 is 0 Å². The standard InChI is InChI=1S/C35H30N2O4/c1-40-35-23-33(41-25-30-9-5-6-19-36-30)17-14-29(35)13-16-32(39)22-31(38)15-11-26-10-12-28-18-20-37(34(28)21-26)24-27-7-3-2-4-8-27/h2-21,23H,22,24-25H2,1H3/b15-11+,16-13+. The van der Waals surface area contributed by atoms with Crippen molar-refractivity contribution in [2.75, 3.05) is 7.11 Å². The van der Waals surface area contributed by atoms with Gasteiger partial charge in [0.1, 0.15) is 18.1 Å². The molecule has 0 fully saturated rings. The lowest BCUT2D eigenvalue weighted by atomic mass is 10.1. The van der Waals surface area contributed by atoms with E-state index in [0.717, 1.165) is 28.7 Å². The number of methoxy groups -OCH3 is 1. The van der Waals surface area contributed by atoms with Gasteiger partial charge in [-0.05, 0) is 71.1 Å². The summed E-state index contributed by atoms with van der Waals surface area (Å²) in [7, 11) is 1.56. The topological polar surface area (TPSA) is 70.4 Å². The number of pyridine rings is 1. The Morgan fingerprint density at radius 2 is 1.66 bits per heavy atom. The van der Waals surface area contributed by atoms with Crippen LogP contribution in [0.25, 0.3) is 23.1 Å². The lowest BCUT2D eigenvalue weighted by Gasteiger charge is -2.09. The van der Waals surface area contributed by atoms with Gasteiger partial charge in [0.15, 0.2) is 11.6 Å². The first-order valence-corrected chi connectivity index (χ1v) is 13.3. The van der Waals surface area contributed by atoms with Gasteiger partial charge in [-0.2, -0.15) is 0 Å². The maximum Gasteiger partial charge on any atom is 0.163 e. The Bertz CT molecular complexity index is 1700. The molecule has 0 bridgehead atoms. The predicted molar refractivity (Wildman–Crippen MR) is 162 cm³/mol. The van der Waals surface area contributed by atoms with E-state index >= 15 is 0 Å². The molecule has 41 heavy (non-hydrogen) atoms. The maximum absolute atomic E-state index is 12.5. The zero-order chi connectivity index (χ0) is 28.4. The lowest BCUT2D eigenvalue weighted by molar-refractivity contribution is -0.121. The molecule has 0 N–H and O–H groups in total. The van der Waals surface area contributed by atoms with Gasteiger partial charge < -0.3 is 14.0 Å². The molecule has 6 heteroatoms. The summed E-state index contributed by atoms with van der Waals surface area (Å²) in [6.45, 7) is 1.10. The molecule has 0 unspecified atom stereocenters. The molecule has 0 aliphatic rings. The molecule has 2 aromatic heterocycles. The Labute approximate surface area is 239 Å². The van der Waals surface area contributed by atoms with Crippen LogP contribution in [0.4, 0.5) is 0 Å². The van der Waals surface area contributed by atoms with Crippen molar-refractivity contribution in [3.05, 3.63) is 138 Å². The van der Waals surface area contributed by atoms with Gasteiger partial charge in [-0.25, -0.2) is 0 Å². The minimum absolute atomic E-state index is 0.215. The highest BCUT2D eigenvalue weighted by Gasteiger charge is 2.08. The summed E-state index contributed by atoms with van der Waals surface area (Å²) in [5, 5.41) is 1.13. The molecule has 0 saturated carbocycles. The van der Waals surface area contributed by atoms with Crippen molar-refractivity contribution in [3.63, 3.8) is 0 Å². The number of hydrogen-bond acceptors (Lipinski definition) is 5. The number of carbonyl (C=O) groups is 2. The molecule has 0 atom stereocenters. The van der Waals surface area contributed by atoms with Crippen LogP contribution < -0.4 is 9.47 Å². The minimum atomic E-state index is -0.288. The Kier molecular flexibility index (Phi) is 8.81. The number of ether oxygens (including phenoxy) is 2. The predicted octanol–water partition coefficient (Wildman–Crippen LogP) is 6.93. The number of hydrogen-bond donors (Lipinski definition) is 0. The fourth-order valence-corrected chi connectivity index (χ4v) is 4.44. The van der Waals surface area contributed by atoms with Crippen molar-refractivity contribution in [1.29, 1.82) is 0 Å². The summed E-state index contributed by atoms with van der Waals surface area (Å²) in [5.41, 5.74) is 4.73. The molecule has 0 aliphatic carbocycles. The third-order valence-corrected chi connectivity index (χ3v) is 6.57. The fraction of sp³-hybridized carbons (Fsp3) is 0.114. The SMILES string of the molecule is COc1cc(OCc2ccccn2)ccc1/C=C/C(=O)CC(=O)/C=C/c1ccc2ccn(Cc3ccccc3)c2c1. The Hall–Kier alpha value is -5.23. The van der Waals surface area contributed by atoms with Gasteiger partial charge in [-0.1, -0.05) is 54.6 Å². The normalized spacial score (nSPS) is 11.3. The number of nitrogens with zero attached hydrogens (tertiary/aromatic N) is 2. The molecule has 5 rings (SSSR count). The van der Waals surface area contributed by atoms with E-state index in [0.29, 0.717) is 23.7 Å². The monoisotopic (exact) mass is 542 g/mol. The van der Waals surface area contributed by atoms with Crippen LogP contribution >= 0.6 is 0 Å². The van der Waals surface area contributed by atoms with Gasteiger partial charge in [-0.15, -0.1) is 0 Å². The van der Waals surface area contributed by atoms with E-state index in [1.807, 2.05) is 54.6 Å². The number of rotatable bonds is 12. The Balaban J connectivity index is 1.18. The molecule has 5 aromatic rings. The van der Waals surface area contributed by atoms with E-state index in [9.17, 15) is 9.59 Å². The van der Waals surface area contributed by atoms with E-state index in [2.05, 4.69) is 40.0 Å². The number of benzene rings is 3. The molecular weight excluding hydrogens is 512 g/mol. The van der Waals surface area contributed by atoms with Gasteiger partial charge in [0.2, 0.25) is 0 Å². The highest BCUT2D eigenvalue weighted by Crippen LogP contribution is 2.26. The van der Waals surface area contributed by atoms with Gasteiger partial charge in [-0.3, -0.25) is 14.6 Å². The molecule has 0 aliphatic heterocycles. The average Bonchev–Trinajstić information content (AvgIpc) is 3.40. The molecule has 0 spiro atoms. The van der Waals surface area contributed by atoms with Gasteiger partial charge in [0, 0.05) is 36.1 Å². The Morgan fingerprint density at radius 1 is 0.854 bits per heavy atom. The van der Waals surface area contributed by atoms with Crippen LogP contribution in [-0.4, -0.2) is 28.2 Å². The summed E-state index contributed by atoms with van der Waals surface area (Å²) in [6.07, 6.45) is 9.84. The van der Waals surface area contributed by atoms with Crippen LogP contribution in [0.1, 0.15) is 28.8 Å². The van der Waals surface area contributed by atoms with E-state index < -0.39 is 0 Å². The van der Waals surface area contributed by atoms with E-state index in [1.165, 1.54) is 17.7 Å². The third-order valence-electron chi connectivity index (χ3n) is 6.57. The van der Waals surface area contributed by atoms with Crippen LogP contribution in [0.2, 0.25) is 0 Å². The Morgan fingerprint density at radius 3 is 2.44 bits per heavy atom. The fourth-order valence-electron chi connectivity index (χ4n) is 4.44. The molecule has 0 radical (unpaired) electrons. The highest BCUT2D eigenvalue weighted by atomic mass is 16.5. The number of fused-ring (bicyclic) bond motifs is 1. The summed E-state index contributed by atoms with van der Waals surface area (Å²) >= 11 is 0. The van der Waals surface area contributed by atoms with Gasteiger partial charge in [0.05, 0.1) is 19.2 Å². The van der Waals surface area contributed by atoms with Crippen molar-refractivity contribution >= 4 is 34.6 Å². The summed E-state index contributed by atoms with van der Waals surface area (Å²) in [5.74, 6) is 0.641. The van der Waals surface area contributed by atoms with E-state index in [-0.39, 0.29) is 18.0 Å². The number of ketones is 2. The van der Waals surface area contributed by atoms with Crippen LogP contribution in [0.3, 0.4) is 0 Å². The average molecular weight is 543 g/mol. The quantitative estimate of drug-likeness (QED) is 0.126. The summed E-state index contributed by atoms with van der Waals surface area (Å²) in [6, 6.07) is 29.4. The molecule has 6 nitrogen and oxygen atoms in total. The lowest BCUT2D eigenvalue weighted by Crippen LogP contribution is -2.02. The smallest absolute Gasteiger partial charge is 0.163 e. The minimum Gasteiger partial charge on any atom is -0.496 e. The van der Waals surface area contributed by atoms with Crippen LogP contribution in [0, 0.1) is 0 Å². The number of allylic oxidation sites excluding steroid dienone is 2. The highest BCUT2D eigenvalue weighted by molar-refractivity contribution is 6.11. The first-order valence-electron chi connectivity index (χ1n) is 13.3. The largest absolute Gasteiger partial charge is 0.496 e. The first kappa shape index (κ1) is 27.3. The van der Waals surface area contributed by atoms with E-state index in [1.54, 1.807) is 37.6 Å². The van der Waals surface area contributed by atoms with Crippen molar-refractivity contribution in [3.8, 4) is 11.5 Å². The van der Waals surface area contributed by atoms with Crippen molar-refractivity contribution in [1.82, 2.24) is 9.55 Å². The second kappa shape index (κ2) is 13.2. The second-order valence-corrected chi connectivity index (χ2v) is 9.54. The van der Waals surface area contributed by atoms with Crippen molar-refractivity contribution in [2.45, 2.75) is 19.6 Å². The zero-order valence-electron chi connectivity index (χ0n) is 22.8. The van der Waals surface area contributed by atoms with Crippen LogP contribution in [-0.2, 0) is 22.7 Å². The molecule has 3 aromatic carbocycles. The maximum atomic E-state index is 12.5. The third kappa shape index (κ3) is 7.46. The molecule has 2 heterocycles. The number of carbonyl (C=O) groups excluding carboxylic acids is 2. The van der Waals surface area contributed by atoms with Crippen molar-refractivity contribution in [2.24, 2.45) is 0 Å². The zero-order valence-corrected chi connectivity index (χ0v) is 22.8. The summed E-state index contributed by atoms with van der Waals surface area (Å²) in [4.78, 5) is 29.3. The molecule has 0 amide bonds. The van der Waals surface area contributed by atoms with Crippen LogP contribution in [0.5, 0.6) is 11.5 Å². The summed E-state index contributed by atoms with van der Waals surface area (Å²) < 4.78 is 13.4. The van der Waals surface area contributed by atoms with Gasteiger partial charge in [0.25, 0.3) is 0 Å². The van der Waals surface area contributed by atoms with Crippen molar-refractivity contribution < 1.29 is 19.1 Å². The first-order chi connectivity index (χ1) is 20.1.